The SMILES string of the molecule is FC(F)(F)SCCCI. The highest BCUT2D eigenvalue weighted by molar-refractivity contribution is 14.1. The minimum Gasteiger partial charge on any atom is -0.160 e. The van der Waals surface area contributed by atoms with E-state index in [-0.39, 0.29) is 17.5 Å². The van der Waals surface area contributed by atoms with Gasteiger partial charge in [-0.15, -0.1) is 0 Å². The molecule has 0 bridgehead atoms. The Morgan fingerprint density at radius 1 is 1.33 bits per heavy atom. The highest BCUT2D eigenvalue weighted by atomic mass is 127. The van der Waals surface area contributed by atoms with Gasteiger partial charge in [0.1, 0.15) is 0 Å². The smallest absolute Gasteiger partial charge is 0.160 e. The van der Waals surface area contributed by atoms with E-state index in [0.717, 1.165) is 4.43 Å². The van der Waals surface area contributed by atoms with Crippen molar-refractivity contribution >= 4 is 34.4 Å². The predicted molar refractivity (Wildman–Crippen MR) is 42.0 cm³/mol. The molecule has 0 unspecified atom stereocenters. The molecule has 0 aromatic carbocycles. The minimum absolute atomic E-state index is 0.0533. The Morgan fingerprint density at radius 3 is 2.22 bits per heavy atom. The average molecular weight is 270 g/mol. The fourth-order valence-corrected chi connectivity index (χ4v) is 1.66. The summed E-state index contributed by atoms with van der Waals surface area (Å²) in [6.07, 6.45) is 0.630. The van der Waals surface area contributed by atoms with Crippen LogP contribution in [0.5, 0.6) is 0 Å². The molecule has 0 aromatic rings. The van der Waals surface area contributed by atoms with Gasteiger partial charge < -0.3 is 0 Å². The molecule has 0 rings (SSSR count). The molecular formula is C4H6F3IS. The van der Waals surface area contributed by atoms with Gasteiger partial charge in [-0.3, -0.25) is 0 Å². The number of hydrogen-bond acceptors (Lipinski definition) is 1. The Kier molecular flexibility index (Phi) is 5.10. The van der Waals surface area contributed by atoms with Crippen molar-refractivity contribution < 1.29 is 13.2 Å². The van der Waals surface area contributed by atoms with Crippen molar-refractivity contribution in [3.8, 4) is 0 Å². The maximum atomic E-state index is 11.3. The van der Waals surface area contributed by atoms with Crippen molar-refractivity contribution in [3.63, 3.8) is 0 Å². The van der Waals surface area contributed by atoms with E-state index in [1.54, 1.807) is 0 Å². The van der Waals surface area contributed by atoms with Crippen LogP contribution in [0.25, 0.3) is 0 Å². The van der Waals surface area contributed by atoms with Crippen LogP contribution in [-0.2, 0) is 0 Å². The Bertz CT molecular complexity index is 72.7. The topological polar surface area (TPSA) is 0 Å². The van der Waals surface area contributed by atoms with E-state index in [4.69, 9.17) is 0 Å². The molecule has 0 spiro atoms. The summed E-state index contributed by atoms with van der Waals surface area (Å²) in [5, 5.41) is 0. The summed E-state index contributed by atoms with van der Waals surface area (Å²) in [4.78, 5) is 0. The number of rotatable bonds is 3. The lowest BCUT2D eigenvalue weighted by Gasteiger charge is -2.02. The van der Waals surface area contributed by atoms with Gasteiger partial charge in [0.25, 0.3) is 0 Å². The molecule has 0 aromatic heterocycles. The van der Waals surface area contributed by atoms with E-state index in [2.05, 4.69) is 22.6 Å². The average Bonchev–Trinajstić information content (AvgIpc) is 1.63. The first-order valence-electron chi connectivity index (χ1n) is 2.33. The van der Waals surface area contributed by atoms with Gasteiger partial charge in [0.2, 0.25) is 0 Å². The summed E-state index contributed by atoms with van der Waals surface area (Å²) >= 11 is 2.11. The molecule has 0 aliphatic carbocycles. The number of halogens is 4. The highest BCUT2D eigenvalue weighted by Gasteiger charge is 2.26. The van der Waals surface area contributed by atoms with Crippen molar-refractivity contribution in [2.24, 2.45) is 0 Å². The molecule has 0 saturated carbocycles. The lowest BCUT2D eigenvalue weighted by Crippen LogP contribution is -2.01. The van der Waals surface area contributed by atoms with Crippen LogP contribution in [0.15, 0.2) is 0 Å². The molecule has 56 valence electrons. The van der Waals surface area contributed by atoms with Gasteiger partial charge in [-0.25, -0.2) is 0 Å². The third-order valence-corrected chi connectivity index (χ3v) is 2.13. The summed E-state index contributed by atoms with van der Waals surface area (Å²) in [6, 6.07) is 0. The number of alkyl halides is 4. The molecule has 5 heteroatoms. The third kappa shape index (κ3) is 8.87. The summed E-state index contributed by atoms with van der Waals surface area (Å²) < 4.78 is 34.8. The Morgan fingerprint density at radius 2 is 1.89 bits per heavy atom. The van der Waals surface area contributed by atoms with Crippen molar-refractivity contribution in [1.82, 2.24) is 0 Å². The van der Waals surface area contributed by atoms with E-state index < -0.39 is 5.51 Å². The van der Waals surface area contributed by atoms with Crippen LogP contribution in [0.1, 0.15) is 6.42 Å². The molecule has 9 heavy (non-hydrogen) atoms. The minimum atomic E-state index is -4.04. The monoisotopic (exact) mass is 270 g/mol. The molecule has 0 atom stereocenters. The zero-order valence-corrected chi connectivity index (χ0v) is 7.52. The van der Waals surface area contributed by atoms with Gasteiger partial charge in [0.15, 0.2) is 0 Å². The Hall–Kier alpha value is 0.870. The summed E-state index contributed by atoms with van der Waals surface area (Å²) in [7, 11) is 0. The van der Waals surface area contributed by atoms with Gasteiger partial charge in [-0.1, -0.05) is 34.4 Å². The first-order chi connectivity index (χ1) is 4.06. The van der Waals surface area contributed by atoms with Crippen LogP contribution in [0.4, 0.5) is 13.2 Å². The van der Waals surface area contributed by atoms with E-state index >= 15 is 0 Å². The third-order valence-electron chi connectivity index (χ3n) is 0.544. The molecule has 0 N–H and O–H groups in total. The highest BCUT2D eigenvalue weighted by Crippen LogP contribution is 2.30. The van der Waals surface area contributed by atoms with Crippen LogP contribution in [0, 0.1) is 0 Å². The van der Waals surface area contributed by atoms with Crippen LogP contribution in [-0.4, -0.2) is 15.7 Å². The van der Waals surface area contributed by atoms with E-state index in [0.29, 0.717) is 6.42 Å². The largest absolute Gasteiger partial charge is 0.441 e. The van der Waals surface area contributed by atoms with Gasteiger partial charge in [-0.2, -0.15) is 13.2 Å². The summed E-state index contributed by atoms with van der Waals surface area (Å²) in [5.74, 6) is 0.187. The quantitative estimate of drug-likeness (QED) is 0.431. The molecule has 0 heterocycles. The second-order valence-electron chi connectivity index (χ2n) is 1.34. The van der Waals surface area contributed by atoms with Crippen LogP contribution in [0.3, 0.4) is 0 Å². The molecule has 0 aliphatic rings. The first-order valence-corrected chi connectivity index (χ1v) is 4.84. The maximum absolute atomic E-state index is 11.3. The lowest BCUT2D eigenvalue weighted by atomic mass is 10.6. The predicted octanol–water partition coefficient (Wildman–Crippen LogP) is 3.06. The second-order valence-corrected chi connectivity index (χ2v) is 3.58. The Labute approximate surface area is 69.7 Å². The molecule has 0 fully saturated rings. The first kappa shape index (κ1) is 9.87. The lowest BCUT2D eigenvalue weighted by molar-refractivity contribution is -0.0327. The van der Waals surface area contributed by atoms with Crippen molar-refractivity contribution in [2.45, 2.75) is 11.9 Å². The zero-order chi connectivity index (χ0) is 7.33. The molecular weight excluding hydrogens is 264 g/mol. The van der Waals surface area contributed by atoms with Crippen molar-refractivity contribution in [1.29, 1.82) is 0 Å². The normalized spacial score (nSPS) is 12.0. The van der Waals surface area contributed by atoms with Crippen LogP contribution < -0.4 is 0 Å². The van der Waals surface area contributed by atoms with Crippen molar-refractivity contribution in [2.75, 3.05) is 10.2 Å². The van der Waals surface area contributed by atoms with Crippen LogP contribution >= 0.6 is 34.4 Å². The maximum Gasteiger partial charge on any atom is 0.441 e. The molecule has 0 amide bonds. The molecule has 0 aliphatic heterocycles. The van der Waals surface area contributed by atoms with Crippen molar-refractivity contribution in [3.05, 3.63) is 0 Å². The summed E-state index contributed by atoms with van der Waals surface area (Å²) in [5.41, 5.74) is -4.04. The fraction of sp³-hybridized carbons (Fsp3) is 1.00. The van der Waals surface area contributed by atoms with E-state index in [9.17, 15) is 13.2 Å². The molecule has 0 radical (unpaired) electrons. The van der Waals surface area contributed by atoms with Gasteiger partial charge in [0, 0.05) is 10.2 Å². The molecule has 0 saturated heterocycles. The van der Waals surface area contributed by atoms with E-state index in [1.807, 2.05) is 0 Å². The van der Waals surface area contributed by atoms with E-state index in [1.165, 1.54) is 0 Å². The fourth-order valence-electron chi connectivity index (χ4n) is 0.242. The standard InChI is InChI=1S/C4H6F3IS/c5-4(6,7)9-3-1-2-8/h1-3H2. The zero-order valence-electron chi connectivity index (χ0n) is 4.54. The van der Waals surface area contributed by atoms with Gasteiger partial charge in [0.05, 0.1) is 0 Å². The second kappa shape index (κ2) is 4.65. The van der Waals surface area contributed by atoms with Gasteiger partial charge >= 0.3 is 5.51 Å². The summed E-state index contributed by atoms with van der Waals surface area (Å²) in [6.45, 7) is 0. The number of hydrogen-bond donors (Lipinski definition) is 0. The Balaban J connectivity index is 3.07. The number of thioether (sulfide) groups is 1. The van der Waals surface area contributed by atoms with Crippen LogP contribution in [0.2, 0.25) is 0 Å². The molecule has 0 nitrogen and oxygen atoms in total. The van der Waals surface area contributed by atoms with Gasteiger partial charge in [-0.05, 0) is 6.42 Å².